The van der Waals surface area contributed by atoms with Crippen molar-refractivity contribution < 1.29 is 28.5 Å². The van der Waals surface area contributed by atoms with Gasteiger partial charge in [0.05, 0.1) is 27.7 Å². The number of allylic oxidation sites excluding steroid dienone is 3. The van der Waals surface area contributed by atoms with E-state index in [0.717, 1.165) is 11.0 Å². The van der Waals surface area contributed by atoms with Crippen LogP contribution in [0.2, 0.25) is 0 Å². The number of halogens is 1. The summed E-state index contributed by atoms with van der Waals surface area (Å²) >= 11 is 0. The molecule has 1 aliphatic rings. The molecule has 17 heavy (non-hydrogen) atoms. The van der Waals surface area contributed by atoms with Crippen molar-refractivity contribution in [1.29, 1.82) is 0 Å². The fourth-order valence-electron chi connectivity index (χ4n) is 2.50. The van der Waals surface area contributed by atoms with E-state index in [9.17, 15) is 0 Å². The third-order valence-corrected chi connectivity index (χ3v) is 3.48. The molecule has 1 aliphatic carbocycles. The fraction of sp³-hybridized carbons (Fsp3) is 0.733. The molecule has 0 bridgehead atoms. The number of nitrogens with zero attached hydrogens (tertiary/aromatic N) is 1. The molecule has 0 fully saturated rings. The molecule has 0 unspecified atom stereocenters. The second kappa shape index (κ2) is 6.37. The van der Waals surface area contributed by atoms with Crippen LogP contribution >= 0.6 is 0 Å². The highest BCUT2D eigenvalue weighted by Gasteiger charge is 2.26. The molecule has 0 aromatic heterocycles. The van der Waals surface area contributed by atoms with Gasteiger partial charge in [0, 0.05) is 0 Å². The Morgan fingerprint density at radius 3 is 2.29 bits per heavy atom. The van der Waals surface area contributed by atoms with Gasteiger partial charge in [-0.2, -0.15) is 0 Å². The van der Waals surface area contributed by atoms with E-state index in [-0.39, 0.29) is 24.0 Å². The average Bonchev–Trinajstić information content (AvgIpc) is 2.07. The third kappa shape index (κ3) is 5.56. The average molecular weight is 349 g/mol. The van der Waals surface area contributed by atoms with Crippen LogP contribution in [0.3, 0.4) is 0 Å². The van der Waals surface area contributed by atoms with Gasteiger partial charge < -0.3 is 28.5 Å². The first-order chi connectivity index (χ1) is 7.22. The van der Waals surface area contributed by atoms with Crippen LogP contribution in [-0.4, -0.2) is 32.2 Å². The molecule has 0 aromatic rings. The van der Waals surface area contributed by atoms with Gasteiger partial charge in [-0.3, -0.25) is 0 Å². The van der Waals surface area contributed by atoms with E-state index in [2.05, 4.69) is 54.1 Å². The number of likely N-dealkylation sites (N-methyl/N-ethyl adjacent to an activating group) is 1. The van der Waals surface area contributed by atoms with Crippen molar-refractivity contribution in [3.8, 4) is 0 Å². The molecule has 0 heterocycles. The first kappa shape index (κ1) is 17.2. The van der Waals surface area contributed by atoms with Gasteiger partial charge in [0.1, 0.15) is 0 Å². The smallest absolute Gasteiger partial charge is 0.0970 e. The summed E-state index contributed by atoms with van der Waals surface area (Å²) in [5.74, 6) is 0. The van der Waals surface area contributed by atoms with Crippen molar-refractivity contribution >= 4 is 0 Å². The SMILES string of the molecule is CC1=C(/C=C/C[N+](C)(C)C)C(C)(C)CCC1.[I-]. The Morgan fingerprint density at radius 2 is 1.82 bits per heavy atom. The Bertz CT molecular complexity index is 305. The minimum absolute atomic E-state index is 0. The lowest BCUT2D eigenvalue weighted by atomic mass is 9.72. The Balaban J connectivity index is 0.00000256. The molecule has 1 nitrogen and oxygen atoms in total. The van der Waals surface area contributed by atoms with Gasteiger partial charge in [-0.1, -0.05) is 25.5 Å². The van der Waals surface area contributed by atoms with Crippen LogP contribution in [0.25, 0.3) is 0 Å². The van der Waals surface area contributed by atoms with Crippen LogP contribution < -0.4 is 24.0 Å². The number of rotatable bonds is 3. The molecule has 2 heteroatoms. The van der Waals surface area contributed by atoms with Gasteiger partial charge in [0.15, 0.2) is 0 Å². The van der Waals surface area contributed by atoms with Crippen molar-refractivity contribution in [2.45, 2.75) is 40.0 Å². The van der Waals surface area contributed by atoms with Crippen molar-refractivity contribution in [3.63, 3.8) is 0 Å². The minimum atomic E-state index is 0. The predicted octanol–water partition coefficient (Wildman–Crippen LogP) is 0.779. The van der Waals surface area contributed by atoms with Gasteiger partial charge in [-0.15, -0.1) is 0 Å². The van der Waals surface area contributed by atoms with Crippen molar-refractivity contribution in [3.05, 3.63) is 23.3 Å². The largest absolute Gasteiger partial charge is 1.00 e. The molecule has 0 aromatic carbocycles. The van der Waals surface area contributed by atoms with Gasteiger partial charge in [-0.05, 0) is 43.3 Å². The van der Waals surface area contributed by atoms with Crippen molar-refractivity contribution in [2.75, 3.05) is 27.7 Å². The molecule has 100 valence electrons. The second-order valence-corrected chi connectivity index (χ2v) is 6.81. The molecule has 0 saturated heterocycles. The highest BCUT2D eigenvalue weighted by Crippen LogP contribution is 2.40. The van der Waals surface area contributed by atoms with Crippen LogP contribution in [0, 0.1) is 5.41 Å². The van der Waals surface area contributed by atoms with E-state index >= 15 is 0 Å². The number of quaternary nitrogens is 1. The zero-order valence-electron chi connectivity index (χ0n) is 12.3. The fourth-order valence-corrected chi connectivity index (χ4v) is 2.50. The van der Waals surface area contributed by atoms with E-state index in [4.69, 9.17) is 0 Å². The normalized spacial score (nSPS) is 20.6. The van der Waals surface area contributed by atoms with Crippen LogP contribution in [0.1, 0.15) is 40.0 Å². The van der Waals surface area contributed by atoms with Crippen molar-refractivity contribution in [2.24, 2.45) is 5.41 Å². The highest BCUT2D eigenvalue weighted by atomic mass is 127. The van der Waals surface area contributed by atoms with Gasteiger partial charge in [-0.25, -0.2) is 0 Å². The molecule has 0 aliphatic heterocycles. The second-order valence-electron chi connectivity index (χ2n) is 6.81. The lowest BCUT2D eigenvalue weighted by Crippen LogP contribution is -3.00. The monoisotopic (exact) mass is 349 g/mol. The summed E-state index contributed by atoms with van der Waals surface area (Å²) in [6.45, 7) is 8.15. The lowest BCUT2D eigenvalue weighted by Gasteiger charge is -2.33. The topological polar surface area (TPSA) is 0 Å². The van der Waals surface area contributed by atoms with Crippen molar-refractivity contribution in [1.82, 2.24) is 0 Å². The van der Waals surface area contributed by atoms with Crippen LogP contribution in [0.5, 0.6) is 0 Å². The minimum Gasteiger partial charge on any atom is -1.00 e. The standard InChI is InChI=1S/C15H28N.HI/c1-13-9-7-11-15(2,3)14(13)10-8-12-16(4,5)6;/h8,10H,7,9,11-12H2,1-6H3;1H/q+1;/p-1/b10-8+;. The summed E-state index contributed by atoms with van der Waals surface area (Å²) in [7, 11) is 6.70. The third-order valence-electron chi connectivity index (χ3n) is 3.48. The maximum atomic E-state index is 2.38. The molecule has 0 spiro atoms. The summed E-state index contributed by atoms with van der Waals surface area (Å²) in [6, 6.07) is 0. The zero-order valence-corrected chi connectivity index (χ0v) is 14.5. The Kier molecular flexibility index (Phi) is 6.43. The highest BCUT2D eigenvalue weighted by molar-refractivity contribution is 5.32. The quantitative estimate of drug-likeness (QED) is 0.522. The Morgan fingerprint density at radius 1 is 1.24 bits per heavy atom. The van der Waals surface area contributed by atoms with Crippen LogP contribution in [0.15, 0.2) is 23.3 Å². The van der Waals surface area contributed by atoms with Crippen LogP contribution in [-0.2, 0) is 0 Å². The van der Waals surface area contributed by atoms with E-state index in [1.54, 1.807) is 11.1 Å². The molecule has 1 rings (SSSR count). The lowest BCUT2D eigenvalue weighted by molar-refractivity contribution is -0.864. The number of hydrogen-bond donors (Lipinski definition) is 0. The van der Waals surface area contributed by atoms with E-state index in [1.807, 2.05) is 0 Å². The summed E-state index contributed by atoms with van der Waals surface area (Å²) < 4.78 is 1.00. The van der Waals surface area contributed by atoms with E-state index < -0.39 is 0 Å². The maximum Gasteiger partial charge on any atom is 0.0970 e. The van der Waals surface area contributed by atoms with Gasteiger partial charge in [0.2, 0.25) is 0 Å². The number of hydrogen-bond acceptors (Lipinski definition) is 0. The molecule has 0 atom stereocenters. The molecule has 0 saturated carbocycles. The van der Waals surface area contributed by atoms with E-state index in [0.29, 0.717) is 5.41 Å². The molecule has 0 N–H and O–H groups in total. The summed E-state index contributed by atoms with van der Waals surface area (Å²) in [4.78, 5) is 0. The molecular weight excluding hydrogens is 321 g/mol. The molecular formula is C15H28IN. The zero-order chi connectivity index (χ0) is 12.4. The van der Waals surface area contributed by atoms with Crippen LogP contribution in [0.4, 0.5) is 0 Å². The maximum absolute atomic E-state index is 2.38. The Hall–Kier alpha value is 0.170. The predicted molar refractivity (Wildman–Crippen MR) is 72.4 cm³/mol. The van der Waals surface area contributed by atoms with Gasteiger partial charge >= 0.3 is 0 Å². The summed E-state index contributed by atoms with van der Waals surface area (Å²) in [6.07, 6.45) is 8.68. The first-order valence-electron chi connectivity index (χ1n) is 6.40. The summed E-state index contributed by atoms with van der Waals surface area (Å²) in [5, 5.41) is 0. The summed E-state index contributed by atoms with van der Waals surface area (Å²) in [5.41, 5.74) is 3.55. The molecule has 0 radical (unpaired) electrons. The Labute approximate surface area is 125 Å². The first-order valence-corrected chi connectivity index (χ1v) is 6.40. The van der Waals surface area contributed by atoms with E-state index in [1.165, 1.54) is 19.3 Å². The molecule has 0 amide bonds. The van der Waals surface area contributed by atoms with Gasteiger partial charge in [0.25, 0.3) is 0 Å².